The van der Waals surface area contributed by atoms with Crippen molar-refractivity contribution in [1.29, 1.82) is 0 Å². The lowest BCUT2D eigenvalue weighted by molar-refractivity contribution is -0.136. The predicted octanol–water partition coefficient (Wildman–Crippen LogP) is 2.65. The van der Waals surface area contributed by atoms with E-state index in [9.17, 15) is 26.7 Å². The lowest BCUT2D eigenvalue weighted by atomic mass is 10.1. The van der Waals surface area contributed by atoms with Gasteiger partial charge in [-0.05, 0) is 12.1 Å². The Morgan fingerprint density at radius 1 is 1.00 bits per heavy atom. The van der Waals surface area contributed by atoms with Gasteiger partial charge in [-0.25, -0.2) is 26.9 Å². The van der Waals surface area contributed by atoms with Crippen LogP contribution in [0.15, 0.2) is 12.1 Å². The molecular weight excluding hydrogens is 311 g/mol. The third-order valence-electron chi connectivity index (χ3n) is 2.76. The number of benzene rings is 1. The number of anilines is 1. The van der Waals surface area contributed by atoms with Crippen molar-refractivity contribution in [2.75, 3.05) is 5.73 Å². The number of halogens is 5. The highest BCUT2D eigenvalue weighted by molar-refractivity contribution is 5.75. The number of carbonyl (C=O) groups is 1. The smallest absolute Gasteiger partial charge is 0.309 e. The SMILES string of the molecule is Nc1ccc(CC(=O)O)nc1-c1c(F)c(F)c(F)c(F)c1F. The molecule has 0 atom stereocenters. The molecule has 9 heteroatoms. The van der Waals surface area contributed by atoms with Gasteiger partial charge in [-0.3, -0.25) is 4.79 Å². The minimum absolute atomic E-state index is 0.152. The molecule has 0 aliphatic rings. The molecule has 3 N–H and O–H groups in total. The van der Waals surface area contributed by atoms with Crippen molar-refractivity contribution < 1.29 is 31.9 Å². The fourth-order valence-corrected chi connectivity index (χ4v) is 1.78. The van der Waals surface area contributed by atoms with Crippen molar-refractivity contribution in [3.05, 3.63) is 46.9 Å². The van der Waals surface area contributed by atoms with E-state index in [1.54, 1.807) is 0 Å². The fraction of sp³-hybridized carbons (Fsp3) is 0.0769. The van der Waals surface area contributed by atoms with Crippen molar-refractivity contribution in [2.45, 2.75) is 6.42 Å². The van der Waals surface area contributed by atoms with Crippen molar-refractivity contribution in [3.63, 3.8) is 0 Å². The summed E-state index contributed by atoms with van der Waals surface area (Å²) in [7, 11) is 0. The standard InChI is InChI=1S/C13H7F5N2O2/c14-8-7(9(15)11(17)12(18)10(8)16)13-5(19)2-1-4(20-13)3-6(21)22/h1-2H,3,19H2,(H,21,22). The van der Waals surface area contributed by atoms with Crippen LogP contribution in [0.3, 0.4) is 0 Å². The number of carboxylic acid groups (broad SMARTS) is 1. The van der Waals surface area contributed by atoms with Gasteiger partial charge in [0.25, 0.3) is 0 Å². The van der Waals surface area contributed by atoms with E-state index in [-0.39, 0.29) is 11.4 Å². The van der Waals surface area contributed by atoms with Crippen LogP contribution in [-0.4, -0.2) is 16.1 Å². The Hall–Kier alpha value is -2.71. The van der Waals surface area contributed by atoms with Crippen LogP contribution in [-0.2, 0) is 11.2 Å². The maximum atomic E-state index is 13.7. The van der Waals surface area contributed by atoms with Gasteiger partial charge in [-0.1, -0.05) is 0 Å². The molecule has 0 aliphatic heterocycles. The first-order chi connectivity index (χ1) is 10.2. The van der Waals surface area contributed by atoms with Gasteiger partial charge in [-0.15, -0.1) is 0 Å². The molecule has 22 heavy (non-hydrogen) atoms. The third kappa shape index (κ3) is 2.57. The van der Waals surface area contributed by atoms with Crippen molar-refractivity contribution in [1.82, 2.24) is 4.98 Å². The normalized spacial score (nSPS) is 10.8. The van der Waals surface area contributed by atoms with Crippen LogP contribution in [0.1, 0.15) is 5.69 Å². The number of nitrogens with two attached hydrogens (primary N) is 1. The molecular formula is C13H7F5N2O2. The molecule has 0 aliphatic carbocycles. The van der Waals surface area contributed by atoms with Crippen LogP contribution in [0.2, 0.25) is 0 Å². The molecule has 1 heterocycles. The Kier molecular flexibility index (Phi) is 3.98. The number of pyridine rings is 1. The molecule has 0 saturated carbocycles. The van der Waals surface area contributed by atoms with Gasteiger partial charge >= 0.3 is 5.97 Å². The van der Waals surface area contributed by atoms with Gasteiger partial charge in [0.05, 0.1) is 29.1 Å². The molecule has 0 fully saturated rings. The van der Waals surface area contributed by atoms with Crippen molar-refractivity contribution >= 4 is 11.7 Å². The maximum Gasteiger partial charge on any atom is 0.309 e. The number of carboxylic acids is 1. The van der Waals surface area contributed by atoms with E-state index in [1.165, 1.54) is 6.07 Å². The van der Waals surface area contributed by atoms with Gasteiger partial charge < -0.3 is 10.8 Å². The summed E-state index contributed by atoms with van der Waals surface area (Å²) in [5, 5.41) is 8.64. The number of aliphatic carboxylic acids is 1. The molecule has 0 spiro atoms. The van der Waals surface area contributed by atoms with Crippen LogP contribution in [0, 0.1) is 29.1 Å². The van der Waals surface area contributed by atoms with Gasteiger partial charge in [0.1, 0.15) is 0 Å². The summed E-state index contributed by atoms with van der Waals surface area (Å²) < 4.78 is 66.9. The number of nitrogen functional groups attached to an aromatic ring is 1. The second-order valence-corrected chi connectivity index (χ2v) is 4.26. The van der Waals surface area contributed by atoms with Crippen LogP contribution in [0.25, 0.3) is 11.3 Å². The number of hydrogen-bond donors (Lipinski definition) is 2. The zero-order valence-electron chi connectivity index (χ0n) is 10.6. The minimum atomic E-state index is -2.31. The summed E-state index contributed by atoms with van der Waals surface area (Å²) in [5.74, 6) is -12.1. The molecule has 2 aromatic rings. The summed E-state index contributed by atoms with van der Waals surface area (Å²) >= 11 is 0. The molecule has 0 radical (unpaired) electrons. The molecule has 0 bridgehead atoms. The van der Waals surface area contributed by atoms with Crippen LogP contribution < -0.4 is 5.73 Å². The van der Waals surface area contributed by atoms with E-state index in [0.717, 1.165) is 6.07 Å². The number of nitrogens with zero attached hydrogens (tertiary/aromatic N) is 1. The molecule has 4 nitrogen and oxygen atoms in total. The average Bonchev–Trinajstić information content (AvgIpc) is 2.46. The zero-order valence-corrected chi connectivity index (χ0v) is 10.6. The van der Waals surface area contributed by atoms with E-state index in [2.05, 4.69) is 4.98 Å². The summed E-state index contributed by atoms with van der Waals surface area (Å²) in [5.41, 5.74) is 2.91. The van der Waals surface area contributed by atoms with Gasteiger partial charge in [0, 0.05) is 0 Å². The summed E-state index contributed by atoms with van der Waals surface area (Å²) in [4.78, 5) is 14.2. The van der Waals surface area contributed by atoms with Gasteiger partial charge in [0.2, 0.25) is 5.82 Å². The highest BCUT2D eigenvalue weighted by Gasteiger charge is 2.28. The van der Waals surface area contributed by atoms with Crippen molar-refractivity contribution in [3.8, 4) is 11.3 Å². The van der Waals surface area contributed by atoms with Crippen LogP contribution >= 0.6 is 0 Å². The Labute approximate surface area is 120 Å². The Bertz CT molecular complexity index is 751. The zero-order chi connectivity index (χ0) is 16.6. The summed E-state index contributed by atoms with van der Waals surface area (Å²) in [6.07, 6.45) is -0.608. The first-order valence-electron chi connectivity index (χ1n) is 5.73. The molecule has 1 aromatic heterocycles. The van der Waals surface area contributed by atoms with E-state index in [1.807, 2.05) is 0 Å². The predicted molar refractivity (Wildman–Crippen MR) is 65.2 cm³/mol. The number of aromatic nitrogens is 1. The van der Waals surface area contributed by atoms with E-state index in [0.29, 0.717) is 0 Å². The monoisotopic (exact) mass is 318 g/mol. The van der Waals surface area contributed by atoms with Gasteiger partial charge in [0.15, 0.2) is 23.3 Å². The molecule has 116 valence electrons. The number of hydrogen-bond acceptors (Lipinski definition) is 3. The van der Waals surface area contributed by atoms with E-state index >= 15 is 0 Å². The fourth-order valence-electron chi connectivity index (χ4n) is 1.78. The van der Waals surface area contributed by atoms with E-state index in [4.69, 9.17) is 10.8 Å². The Morgan fingerprint density at radius 3 is 2.00 bits per heavy atom. The quantitative estimate of drug-likeness (QED) is 0.518. The second kappa shape index (κ2) is 5.58. The molecule has 0 unspecified atom stereocenters. The number of rotatable bonds is 3. The molecule has 0 saturated heterocycles. The first kappa shape index (κ1) is 15.7. The first-order valence-corrected chi connectivity index (χ1v) is 5.73. The Balaban J connectivity index is 2.74. The molecule has 0 amide bonds. The summed E-state index contributed by atoms with van der Waals surface area (Å²) in [6.45, 7) is 0. The van der Waals surface area contributed by atoms with Gasteiger partial charge in [-0.2, -0.15) is 0 Å². The lowest BCUT2D eigenvalue weighted by Gasteiger charge is -2.11. The maximum absolute atomic E-state index is 13.7. The molecule has 2 rings (SSSR count). The van der Waals surface area contributed by atoms with Crippen molar-refractivity contribution in [2.24, 2.45) is 0 Å². The lowest BCUT2D eigenvalue weighted by Crippen LogP contribution is -2.09. The topological polar surface area (TPSA) is 76.2 Å². The highest BCUT2D eigenvalue weighted by Crippen LogP contribution is 2.33. The van der Waals surface area contributed by atoms with Crippen LogP contribution in [0.5, 0.6) is 0 Å². The minimum Gasteiger partial charge on any atom is -0.481 e. The average molecular weight is 318 g/mol. The second-order valence-electron chi connectivity index (χ2n) is 4.26. The van der Waals surface area contributed by atoms with Crippen LogP contribution in [0.4, 0.5) is 27.6 Å². The highest BCUT2D eigenvalue weighted by atomic mass is 19.2. The molecule has 1 aromatic carbocycles. The van der Waals surface area contributed by atoms with E-state index < -0.39 is 52.7 Å². The largest absolute Gasteiger partial charge is 0.481 e. The Morgan fingerprint density at radius 2 is 1.50 bits per heavy atom. The third-order valence-corrected chi connectivity index (χ3v) is 2.76. The summed E-state index contributed by atoms with van der Waals surface area (Å²) in [6, 6.07) is 2.23.